The zero-order valence-corrected chi connectivity index (χ0v) is 11.3. The summed E-state index contributed by atoms with van der Waals surface area (Å²) in [5.74, 6) is 0.375. The van der Waals surface area contributed by atoms with Gasteiger partial charge in [-0.3, -0.25) is 4.57 Å². The fourth-order valence-electron chi connectivity index (χ4n) is 2.25. The monoisotopic (exact) mass is 271 g/mol. The molecule has 1 saturated carbocycles. The molecule has 2 atom stereocenters. The first-order chi connectivity index (χ1) is 7.03. The van der Waals surface area contributed by atoms with Crippen molar-refractivity contribution in [2.75, 3.05) is 18.9 Å². The summed E-state index contributed by atoms with van der Waals surface area (Å²) >= 11 is 0. The molecule has 0 bridgehead atoms. The van der Waals surface area contributed by atoms with Gasteiger partial charge in [0.05, 0.1) is 12.3 Å². The van der Waals surface area contributed by atoms with Gasteiger partial charge < -0.3 is 15.7 Å². The van der Waals surface area contributed by atoms with Crippen molar-refractivity contribution in [2.24, 2.45) is 11.7 Å². The van der Waals surface area contributed by atoms with E-state index in [-0.39, 0.29) is 25.1 Å². The Morgan fingerprint density at radius 1 is 1.31 bits per heavy atom. The Kier molecular flexibility index (Phi) is 7.87. The highest BCUT2D eigenvalue weighted by atomic mass is 35.5. The molecular weight excluding hydrogens is 249 g/mol. The molecule has 1 aliphatic carbocycles. The van der Waals surface area contributed by atoms with E-state index in [1.165, 1.54) is 19.3 Å². The van der Waals surface area contributed by atoms with Crippen LogP contribution in [0, 0.1) is 5.92 Å². The minimum atomic E-state index is -3.16. The minimum Gasteiger partial charge on any atom is -0.391 e. The number of aliphatic hydroxyl groups is 1. The largest absolute Gasteiger partial charge is 0.391 e. The molecular formula is C10H23ClNO3P. The van der Waals surface area contributed by atoms with Gasteiger partial charge in [-0.25, -0.2) is 0 Å². The maximum Gasteiger partial charge on any atom is 0.203 e. The lowest BCUT2D eigenvalue weighted by atomic mass is 9.91. The van der Waals surface area contributed by atoms with Crippen molar-refractivity contribution < 1.29 is 14.6 Å². The van der Waals surface area contributed by atoms with Gasteiger partial charge in [0, 0.05) is 12.7 Å². The summed E-state index contributed by atoms with van der Waals surface area (Å²) in [6.45, 7) is 0.0647. The van der Waals surface area contributed by atoms with Gasteiger partial charge in [-0.1, -0.05) is 19.3 Å². The van der Waals surface area contributed by atoms with Gasteiger partial charge in [-0.2, -0.15) is 0 Å². The molecule has 0 aromatic rings. The summed E-state index contributed by atoms with van der Waals surface area (Å²) in [4.78, 5) is 9.71. The number of hydrogen-bond donors (Lipinski definition) is 3. The van der Waals surface area contributed by atoms with Crippen molar-refractivity contribution >= 4 is 19.8 Å². The van der Waals surface area contributed by atoms with E-state index in [2.05, 4.69) is 0 Å². The lowest BCUT2D eigenvalue weighted by Crippen LogP contribution is -2.25. The van der Waals surface area contributed by atoms with E-state index in [1.807, 2.05) is 0 Å². The van der Waals surface area contributed by atoms with Crippen molar-refractivity contribution in [1.29, 1.82) is 0 Å². The molecule has 2 unspecified atom stereocenters. The molecule has 0 spiro atoms. The summed E-state index contributed by atoms with van der Waals surface area (Å²) < 4.78 is 11.8. The summed E-state index contributed by atoms with van der Waals surface area (Å²) in [7, 11) is -3.16. The molecule has 4 N–H and O–H groups in total. The maximum atomic E-state index is 11.8. The van der Waals surface area contributed by atoms with Crippen LogP contribution in [0.5, 0.6) is 0 Å². The zero-order chi connectivity index (χ0) is 11.3. The van der Waals surface area contributed by atoms with Crippen molar-refractivity contribution in [3.63, 3.8) is 0 Å². The first-order valence-electron chi connectivity index (χ1n) is 5.72. The number of hydrogen-bond acceptors (Lipinski definition) is 3. The highest BCUT2D eigenvalue weighted by Gasteiger charge is 2.27. The van der Waals surface area contributed by atoms with Crippen molar-refractivity contribution in [3.8, 4) is 0 Å². The second-order valence-electron chi connectivity index (χ2n) is 4.61. The normalized spacial score (nSPS) is 23.2. The van der Waals surface area contributed by atoms with Gasteiger partial charge in [0.1, 0.15) is 0 Å². The van der Waals surface area contributed by atoms with Gasteiger partial charge >= 0.3 is 0 Å². The molecule has 0 aromatic heterocycles. The summed E-state index contributed by atoms with van der Waals surface area (Å²) in [5.41, 5.74) is 5.23. The average molecular weight is 272 g/mol. The van der Waals surface area contributed by atoms with Crippen LogP contribution < -0.4 is 5.73 Å². The van der Waals surface area contributed by atoms with E-state index in [0.717, 1.165) is 12.8 Å². The summed E-state index contributed by atoms with van der Waals surface area (Å²) in [6, 6.07) is 0. The molecule has 16 heavy (non-hydrogen) atoms. The third-order valence-corrected chi connectivity index (χ3v) is 5.12. The Balaban J connectivity index is 0.00000225. The van der Waals surface area contributed by atoms with Crippen LogP contribution in [0.15, 0.2) is 0 Å². The van der Waals surface area contributed by atoms with Crippen LogP contribution in [0.2, 0.25) is 0 Å². The third-order valence-electron chi connectivity index (χ3n) is 3.04. The fraction of sp³-hybridized carbons (Fsp3) is 1.00. The molecule has 0 aliphatic heterocycles. The molecule has 6 heteroatoms. The van der Waals surface area contributed by atoms with E-state index in [0.29, 0.717) is 12.1 Å². The summed E-state index contributed by atoms with van der Waals surface area (Å²) in [5, 5.41) is 9.27. The number of halogens is 1. The van der Waals surface area contributed by atoms with E-state index in [1.54, 1.807) is 0 Å². The Bertz CT molecular complexity index is 234. The van der Waals surface area contributed by atoms with Crippen LogP contribution in [-0.4, -0.2) is 35.0 Å². The number of nitrogens with two attached hydrogens (primary N) is 1. The predicted octanol–water partition coefficient (Wildman–Crippen LogP) is 1.58. The SMILES string of the molecule is Cl.NCC(O)CP(=O)(O)CC1CCCCC1. The Labute approximate surface area is 103 Å². The molecule has 0 saturated heterocycles. The van der Waals surface area contributed by atoms with E-state index in [9.17, 15) is 14.6 Å². The van der Waals surface area contributed by atoms with Crippen LogP contribution in [0.4, 0.5) is 0 Å². The molecule has 4 nitrogen and oxygen atoms in total. The van der Waals surface area contributed by atoms with Crippen LogP contribution in [-0.2, 0) is 4.57 Å². The molecule has 1 aliphatic rings. The molecule has 1 fully saturated rings. The minimum absolute atomic E-state index is 0. The van der Waals surface area contributed by atoms with Crippen molar-refractivity contribution in [1.82, 2.24) is 0 Å². The molecule has 0 radical (unpaired) electrons. The standard InChI is InChI=1S/C10H22NO3P.ClH/c11-6-10(12)8-15(13,14)7-9-4-2-1-3-5-9;/h9-10,12H,1-8,11H2,(H,13,14);1H. The van der Waals surface area contributed by atoms with E-state index >= 15 is 0 Å². The first-order valence-corrected chi connectivity index (χ1v) is 7.75. The molecule has 1 rings (SSSR count). The average Bonchev–Trinajstić information content (AvgIpc) is 2.17. The van der Waals surface area contributed by atoms with Crippen LogP contribution >= 0.6 is 19.8 Å². The second kappa shape index (κ2) is 7.67. The lowest BCUT2D eigenvalue weighted by Gasteiger charge is -2.24. The van der Waals surface area contributed by atoms with E-state index in [4.69, 9.17) is 5.73 Å². The highest BCUT2D eigenvalue weighted by molar-refractivity contribution is 7.58. The van der Waals surface area contributed by atoms with Crippen molar-refractivity contribution in [3.05, 3.63) is 0 Å². The first kappa shape index (κ1) is 16.4. The smallest absolute Gasteiger partial charge is 0.203 e. The fourth-order valence-corrected chi connectivity index (χ4v) is 4.38. The Morgan fingerprint density at radius 3 is 2.38 bits per heavy atom. The third kappa shape index (κ3) is 6.21. The van der Waals surface area contributed by atoms with Crippen LogP contribution in [0.1, 0.15) is 32.1 Å². The Hall–Kier alpha value is 0.400. The van der Waals surface area contributed by atoms with Gasteiger partial charge in [-0.05, 0) is 18.8 Å². The number of rotatable bonds is 5. The molecule has 0 heterocycles. The molecule has 0 amide bonds. The number of aliphatic hydroxyl groups excluding tert-OH is 1. The molecule has 0 aromatic carbocycles. The van der Waals surface area contributed by atoms with Gasteiger partial charge in [0.2, 0.25) is 7.37 Å². The predicted molar refractivity (Wildman–Crippen MR) is 68.4 cm³/mol. The van der Waals surface area contributed by atoms with E-state index < -0.39 is 13.5 Å². The summed E-state index contributed by atoms with van der Waals surface area (Å²) in [6.07, 6.45) is 5.20. The highest BCUT2D eigenvalue weighted by Crippen LogP contribution is 2.45. The quantitative estimate of drug-likeness (QED) is 0.663. The zero-order valence-electron chi connectivity index (χ0n) is 9.55. The molecule has 98 valence electrons. The van der Waals surface area contributed by atoms with Crippen LogP contribution in [0.3, 0.4) is 0 Å². The van der Waals surface area contributed by atoms with Gasteiger partial charge in [-0.15, -0.1) is 12.4 Å². The second-order valence-corrected chi connectivity index (χ2v) is 7.03. The van der Waals surface area contributed by atoms with Gasteiger partial charge in [0.15, 0.2) is 0 Å². The van der Waals surface area contributed by atoms with Gasteiger partial charge in [0.25, 0.3) is 0 Å². The maximum absolute atomic E-state index is 11.8. The lowest BCUT2D eigenvalue weighted by molar-refractivity contribution is 0.202. The Morgan fingerprint density at radius 2 is 1.88 bits per heavy atom. The van der Waals surface area contributed by atoms with Crippen molar-refractivity contribution in [2.45, 2.75) is 38.2 Å². The van der Waals surface area contributed by atoms with Crippen LogP contribution in [0.25, 0.3) is 0 Å². The topological polar surface area (TPSA) is 83.5 Å².